The highest BCUT2D eigenvalue weighted by molar-refractivity contribution is 5.84. The summed E-state index contributed by atoms with van der Waals surface area (Å²) in [5, 5.41) is 3.51. The third-order valence-electron chi connectivity index (χ3n) is 4.63. The molecule has 4 heteroatoms. The lowest BCUT2D eigenvalue weighted by Crippen LogP contribution is -2.45. The molecule has 3 unspecified atom stereocenters. The smallest absolute Gasteiger partial charge is 0.241 e. The number of nitrogens with zero attached hydrogens (tertiary/aromatic N) is 2. The zero-order chi connectivity index (χ0) is 13.8. The average molecular weight is 267 g/mol. The Balaban J connectivity index is 1.99. The normalized spacial score (nSPS) is 32.5. The molecule has 3 atom stereocenters. The van der Waals surface area contributed by atoms with Gasteiger partial charge in [-0.05, 0) is 38.8 Å². The first-order valence-electron chi connectivity index (χ1n) is 8.01. The molecule has 2 saturated heterocycles. The Kier molecular flexibility index (Phi) is 5.22. The molecule has 0 aromatic carbocycles. The van der Waals surface area contributed by atoms with E-state index in [1.54, 1.807) is 0 Å². The second-order valence-electron chi connectivity index (χ2n) is 5.85. The predicted octanol–water partition coefficient (Wildman–Crippen LogP) is 1.81. The first-order valence-corrected chi connectivity index (χ1v) is 8.01. The maximum absolute atomic E-state index is 12.5. The van der Waals surface area contributed by atoms with E-state index in [4.69, 9.17) is 0 Å². The number of likely N-dealkylation sites (tertiary alicyclic amines) is 1. The summed E-state index contributed by atoms with van der Waals surface area (Å²) < 4.78 is 0. The Labute approximate surface area is 117 Å². The molecule has 2 aliphatic rings. The summed E-state index contributed by atoms with van der Waals surface area (Å²) in [6, 6.07) is 0.636. The van der Waals surface area contributed by atoms with Crippen molar-refractivity contribution in [2.45, 2.75) is 71.1 Å². The molecule has 2 fully saturated rings. The van der Waals surface area contributed by atoms with Gasteiger partial charge in [-0.25, -0.2) is 0 Å². The molecule has 110 valence electrons. The summed E-state index contributed by atoms with van der Waals surface area (Å²) >= 11 is 0. The third kappa shape index (κ3) is 3.11. The highest BCUT2D eigenvalue weighted by Crippen LogP contribution is 2.22. The van der Waals surface area contributed by atoms with E-state index in [-0.39, 0.29) is 12.2 Å². The minimum Gasteiger partial charge on any atom is -0.324 e. The van der Waals surface area contributed by atoms with E-state index in [1.807, 2.05) is 0 Å². The quantitative estimate of drug-likeness (QED) is 0.797. The number of rotatable bonds is 6. The summed E-state index contributed by atoms with van der Waals surface area (Å²) in [6.07, 6.45) is 5.82. The van der Waals surface area contributed by atoms with Crippen molar-refractivity contribution in [1.29, 1.82) is 0 Å². The maximum Gasteiger partial charge on any atom is 0.241 e. The van der Waals surface area contributed by atoms with Crippen LogP contribution in [0.3, 0.4) is 0 Å². The number of carbonyl (C=O) groups excluding carboxylic acids is 1. The van der Waals surface area contributed by atoms with Gasteiger partial charge in [0, 0.05) is 12.6 Å². The van der Waals surface area contributed by atoms with E-state index in [1.165, 1.54) is 19.4 Å². The van der Waals surface area contributed by atoms with Crippen LogP contribution in [0.5, 0.6) is 0 Å². The third-order valence-corrected chi connectivity index (χ3v) is 4.63. The monoisotopic (exact) mass is 267 g/mol. The van der Waals surface area contributed by atoms with Gasteiger partial charge in [-0.15, -0.1) is 0 Å². The van der Waals surface area contributed by atoms with Gasteiger partial charge in [0.05, 0.1) is 12.2 Å². The molecule has 0 aliphatic carbocycles. The maximum atomic E-state index is 12.5. The lowest BCUT2D eigenvalue weighted by Gasteiger charge is -2.30. The molecule has 0 bridgehead atoms. The van der Waals surface area contributed by atoms with Crippen LogP contribution >= 0.6 is 0 Å². The van der Waals surface area contributed by atoms with Gasteiger partial charge in [0.1, 0.15) is 0 Å². The molecule has 1 amide bonds. The summed E-state index contributed by atoms with van der Waals surface area (Å²) in [6.45, 7) is 9.76. The van der Waals surface area contributed by atoms with Crippen LogP contribution in [0.15, 0.2) is 0 Å². The number of likely N-dealkylation sites (N-methyl/N-ethyl adjacent to an activating group) is 1. The van der Waals surface area contributed by atoms with Crippen molar-refractivity contribution in [2.75, 3.05) is 19.6 Å². The van der Waals surface area contributed by atoms with Gasteiger partial charge in [-0.3, -0.25) is 15.0 Å². The van der Waals surface area contributed by atoms with Crippen LogP contribution in [0.2, 0.25) is 0 Å². The lowest BCUT2D eigenvalue weighted by molar-refractivity contribution is -0.130. The molecular weight excluding hydrogens is 238 g/mol. The molecule has 0 aromatic rings. The number of hydrogen-bond acceptors (Lipinski definition) is 3. The van der Waals surface area contributed by atoms with Crippen LogP contribution in [0.25, 0.3) is 0 Å². The van der Waals surface area contributed by atoms with Crippen molar-refractivity contribution in [2.24, 2.45) is 0 Å². The van der Waals surface area contributed by atoms with Crippen molar-refractivity contribution in [3.05, 3.63) is 0 Å². The summed E-state index contributed by atoms with van der Waals surface area (Å²) in [4.78, 5) is 17.1. The zero-order valence-corrected chi connectivity index (χ0v) is 12.7. The molecule has 4 nitrogen and oxygen atoms in total. The fourth-order valence-electron chi connectivity index (χ4n) is 3.54. The van der Waals surface area contributed by atoms with Crippen LogP contribution in [0.4, 0.5) is 0 Å². The standard InChI is InChI=1S/C15H29N3O/c1-4-8-13-15(19)18(14(5-2)16-13)11-12-9-7-10-17(12)6-3/h12-14,16H,4-11H2,1-3H3. The molecule has 19 heavy (non-hydrogen) atoms. The van der Waals surface area contributed by atoms with E-state index in [2.05, 4.69) is 35.9 Å². The Morgan fingerprint density at radius 3 is 2.74 bits per heavy atom. The topological polar surface area (TPSA) is 35.6 Å². The average Bonchev–Trinajstić information content (AvgIpc) is 2.98. The van der Waals surface area contributed by atoms with Crippen LogP contribution in [0, 0.1) is 0 Å². The second kappa shape index (κ2) is 6.71. The van der Waals surface area contributed by atoms with Gasteiger partial charge in [-0.2, -0.15) is 0 Å². The molecular formula is C15H29N3O. The van der Waals surface area contributed by atoms with Gasteiger partial charge >= 0.3 is 0 Å². The first-order chi connectivity index (χ1) is 9.21. The molecule has 0 spiro atoms. The van der Waals surface area contributed by atoms with E-state index in [0.29, 0.717) is 11.9 Å². The van der Waals surface area contributed by atoms with E-state index < -0.39 is 0 Å². The summed E-state index contributed by atoms with van der Waals surface area (Å²) in [5.74, 6) is 0.330. The van der Waals surface area contributed by atoms with Crippen molar-refractivity contribution >= 4 is 5.91 Å². The summed E-state index contributed by atoms with van der Waals surface area (Å²) in [7, 11) is 0. The Morgan fingerprint density at radius 2 is 2.11 bits per heavy atom. The molecule has 2 rings (SSSR count). The van der Waals surface area contributed by atoms with Gasteiger partial charge < -0.3 is 4.90 Å². The molecule has 2 heterocycles. The van der Waals surface area contributed by atoms with E-state index in [9.17, 15) is 4.79 Å². The first kappa shape index (κ1) is 14.8. The molecule has 2 aliphatic heterocycles. The second-order valence-corrected chi connectivity index (χ2v) is 5.85. The van der Waals surface area contributed by atoms with Crippen molar-refractivity contribution in [3.8, 4) is 0 Å². The number of nitrogens with one attached hydrogen (secondary N) is 1. The highest BCUT2D eigenvalue weighted by atomic mass is 16.2. The number of amides is 1. The SMILES string of the molecule is CCCC1NC(CC)N(CC2CCCN2CC)C1=O. The van der Waals surface area contributed by atoms with Gasteiger partial charge in [-0.1, -0.05) is 27.2 Å². The fourth-order valence-corrected chi connectivity index (χ4v) is 3.54. The predicted molar refractivity (Wildman–Crippen MR) is 77.9 cm³/mol. The minimum absolute atomic E-state index is 0.0615. The van der Waals surface area contributed by atoms with Gasteiger partial charge in [0.25, 0.3) is 0 Å². The Morgan fingerprint density at radius 1 is 1.32 bits per heavy atom. The molecule has 1 N–H and O–H groups in total. The zero-order valence-electron chi connectivity index (χ0n) is 12.7. The van der Waals surface area contributed by atoms with Gasteiger partial charge in [0.15, 0.2) is 0 Å². The Hall–Kier alpha value is -0.610. The van der Waals surface area contributed by atoms with Crippen LogP contribution in [0.1, 0.15) is 52.9 Å². The number of carbonyl (C=O) groups is 1. The number of hydrogen-bond donors (Lipinski definition) is 1. The van der Waals surface area contributed by atoms with Crippen molar-refractivity contribution < 1.29 is 4.79 Å². The molecule has 0 saturated carbocycles. The molecule has 0 radical (unpaired) electrons. The van der Waals surface area contributed by atoms with Crippen LogP contribution < -0.4 is 5.32 Å². The van der Waals surface area contributed by atoms with Crippen molar-refractivity contribution in [1.82, 2.24) is 15.1 Å². The largest absolute Gasteiger partial charge is 0.324 e. The van der Waals surface area contributed by atoms with E-state index in [0.717, 1.165) is 32.4 Å². The highest BCUT2D eigenvalue weighted by Gasteiger charge is 2.39. The van der Waals surface area contributed by atoms with E-state index >= 15 is 0 Å². The van der Waals surface area contributed by atoms with Gasteiger partial charge in [0.2, 0.25) is 5.91 Å². The molecule has 0 aromatic heterocycles. The fraction of sp³-hybridized carbons (Fsp3) is 0.933. The van der Waals surface area contributed by atoms with Crippen LogP contribution in [-0.4, -0.2) is 53.6 Å². The summed E-state index contributed by atoms with van der Waals surface area (Å²) in [5.41, 5.74) is 0. The van der Waals surface area contributed by atoms with Crippen LogP contribution in [-0.2, 0) is 4.79 Å². The van der Waals surface area contributed by atoms with Crippen molar-refractivity contribution in [3.63, 3.8) is 0 Å². The Bertz CT molecular complexity index is 308. The lowest BCUT2D eigenvalue weighted by atomic mass is 10.1. The minimum atomic E-state index is 0.0615.